The Labute approximate surface area is 247 Å². The van der Waals surface area contributed by atoms with Crippen molar-refractivity contribution in [2.24, 2.45) is 52.3 Å². The van der Waals surface area contributed by atoms with Gasteiger partial charge in [-0.25, -0.2) is 0 Å². The van der Waals surface area contributed by atoms with E-state index in [-0.39, 0.29) is 29.9 Å². The number of hydrogen-bond donors (Lipinski definition) is 1. The van der Waals surface area contributed by atoms with Crippen molar-refractivity contribution >= 4 is 29.9 Å². The molecule has 0 spiro atoms. The number of nitrogens with zero attached hydrogens (tertiary/aromatic N) is 1. The number of amides is 1. The molecule has 216 valence electrons. The molecule has 0 aromatic rings. The van der Waals surface area contributed by atoms with Gasteiger partial charge in [-0.2, -0.15) is 0 Å². The Kier molecular flexibility index (Phi) is 11.7. The van der Waals surface area contributed by atoms with Crippen molar-refractivity contribution in [2.75, 3.05) is 27.2 Å². The molecule has 0 aromatic heterocycles. The van der Waals surface area contributed by atoms with Crippen LogP contribution >= 0.6 is 24.0 Å². The van der Waals surface area contributed by atoms with Gasteiger partial charge in [0, 0.05) is 13.0 Å². The zero-order valence-corrected chi connectivity index (χ0v) is 27.7. The first kappa shape index (κ1) is 31.7. The Hall–Kier alpha value is 0.160. The van der Waals surface area contributed by atoms with Crippen molar-refractivity contribution in [2.45, 2.75) is 124 Å². The predicted molar refractivity (Wildman–Crippen MR) is 168 cm³/mol. The second-order valence-corrected chi connectivity index (χ2v) is 14.7. The molecule has 3 nitrogen and oxygen atoms in total. The van der Waals surface area contributed by atoms with Crippen LogP contribution in [0.2, 0.25) is 0 Å². The topological polar surface area (TPSA) is 32.3 Å². The molecule has 4 heteroatoms. The van der Waals surface area contributed by atoms with Crippen molar-refractivity contribution in [1.82, 2.24) is 10.2 Å². The number of hydrogen-bond acceptors (Lipinski definition) is 2. The molecule has 37 heavy (non-hydrogen) atoms. The van der Waals surface area contributed by atoms with Gasteiger partial charge in [-0.3, -0.25) is 4.79 Å². The highest BCUT2D eigenvalue weighted by Gasteiger charge is 2.60. The molecule has 0 heterocycles. The quantitative estimate of drug-likeness (QED) is 0.233. The summed E-state index contributed by atoms with van der Waals surface area (Å²) in [5, 5.41) is 3.26. The number of nitrogens with one attached hydrogen (secondary N) is 1. The van der Waals surface area contributed by atoms with Crippen molar-refractivity contribution in [3.63, 3.8) is 0 Å². The molecule has 1 amide bonds. The zero-order valence-electron chi connectivity index (χ0n) is 25.3. The van der Waals surface area contributed by atoms with Gasteiger partial charge in [0.2, 0.25) is 5.91 Å². The molecular weight excluding hydrogens is 567 g/mol. The van der Waals surface area contributed by atoms with Crippen LogP contribution in [0.15, 0.2) is 0 Å². The van der Waals surface area contributed by atoms with Gasteiger partial charge in [-0.15, -0.1) is 24.0 Å². The molecule has 9 atom stereocenters. The van der Waals surface area contributed by atoms with Crippen LogP contribution in [0, 0.1) is 52.3 Å². The van der Waals surface area contributed by atoms with Gasteiger partial charge in [0.15, 0.2) is 0 Å². The number of rotatable bonds is 11. The number of halogens is 1. The van der Waals surface area contributed by atoms with Crippen LogP contribution in [-0.4, -0.2) is 38.0 Å². The van der Waals surface area contributed by atoms with Crippen LogP contribution in [0.5, 0.6) is 0 Å². The maximum Gasteiger partial charge on any atom is 0.220 e. The normalized spacial score (nSPS) is 38.6. The SMILES string of the molecule is CCC(CCNC(=O)CC[C@@H](C)[C@H]1CC[C@H]2[C@@H]3CCC4CCCC[C@]4(C)[C@H]3CC[C@]12C)CCN(C)C.I. The highest BCUT2D eigenvalue weighted by atomic mass is 127. The summed E-state index contributed by atoms with van der Waals surface area (Å²) < 4.78 is 0. The molecule has 0 aliphatic heterocycles. The van der Waals surface area contributed by atoms with Crippen LogP contribution in [0.3, 0.4) is 0 Å². The second kappa shape index (κ2) is 13.7. The maximum absolute atomic E-state index is 12.7. The van der Waals surface area contributed by atoms with E-state index in [4.69, 9.17) is 0 Å². The average molecular weight is 629 g/mol. The lowest BCUT2D eigenvalue weighted by atomic mass is 9.44. The highest BCUT2D eigenvalue weighted by molar-refractivity contribution is 14.0. The molecule has 0 radical (unpaired) electrons. The lowest BCUT2D eigenvalue weighted by Crippen LogP contribution is -2.53. The van der Waals surface area contributed by atoms with E-state index in [1.807, 2.05) is 0 Å². The van der Waals surface area contributed by atoms with Crippen LogP contribution in [-0.2, 0) is 4.79 Å². The lowest BCUT2D eigenvalue weighted by molar-refractivity contribution is -0.122. The predicted octanol–water partition coefficient (Wildman–Crippen LogP) is 8.55. The Morgan fingerprint density at radius 1 is 0.919 bits per heavy atom. The summed E-state index contributed by atoms with van der Waals surface area (Å²) in [5.74, 6) is 6.47. The lowest BCUT2D eigenvalue weighted by Gasteiger charge is -2.61. The van der Waals surface area contributed by atoms with Gasteiger partial charge in [0.1, 0.15) is 0 Å². The summed E-state index contributed by atoms with van der Waals surface area (Å²) in [6.07, 6.45) is 20.2. The number of carbonyl (C=O) groups is 1. The van der Waals surface area contributed by atoms with Crippen LogP contribution < -0.4 is 5.32 Å². The van der Waals surface area contributed by atoms with E-state index >= 15 is 0 Å². The van der Waals surface area contributed by atoms with Gasteiger partial charge in [-0.1, -0.05) is 47.0 Å². The van der Waals surface area contributed by atoms with Crippen LogP contribution in [0.25, 0.3) is 0 Å². The molecule has 0 bridgehead atoms. The van der Waals surface area contributed by atoms with E-state index in [9.17, 15) is 4.79 Å². The van der Waals surface area contributed by atoms with E-state index in [1.165, 1.54) is 77.0 Å². The van der Waals surface area contributed by atoms with Gasteiger partial charge in [0.05, 0.1) is 0 Å². The van der Waals surface area contributed by atoms with Gasteiger partial charge in [0.25, 0.3) is 0 Å². The van der Waals surface area contributed by atoms with Crippen molar-refractivity contribution in [3.8, 4) is 0 Å². The Morgan fingerprint density at radius 2 is 1.68 bits per heavy atom. The van der Waals surface area contributed by atoms with E-state index in [1.54, 1.807) is 0 Å². The third-order valence-electron chi connectivity index (χ3n) is 12.6. The van der Waals surface area contributed by atoms with E-state index < -0.39 is 0 Å². The van der Waals surface area contributed by atoms with E-state index in [2.05, 4.69) is 52.0 Å². The van der Waals surface area contributed by atoms with Crippen LogP contribution in [0.1, 0.15) is 124 Å². The minimum atomic E-state index is 0. The molecule has 4 aliphatic rings. The fraction of sp³-hybridized carbons (Fsp3) is 0.970. The molecule has 0 saturated heterocycles. The molecule has 2 unspecified atom stereocenters. The third kappa shape index (κ3) is 6.91. The van der Waals surface area contributed by atoms with E-state index in [0.29, 0.717) is 16.7 Å². The summed E-state index contributed by atoms with van der Waals surface area (Å²) in [6.45, 7) is 12.1. The average Bonchev–Trinajstić information content (AvgIpc) is 3.21. The molecule has 4 aliphatic carbocycles. The second-order valence-electron chi connectivity index (χ2n) is 14.7. The molecule has 0 aromatic carbocycles. The number of carbonyl (C=O) groups excluding carboxylic acids is 1. The Balaban J connectivity index is 0.00000380. The Bertz CT molecular complexity index is 727. The molecule has 1 N–H and O–H groups in total. The monoisotopic (exact) mass is 628 g/mol. The maximum atomic E-state index is 12.7. The van der Waals surface area contributed by atoms with Crippen molar-refractivity contribution < 1.29 is 4.79 Å². The first-order chi connectivity index (χ1) is 17.2. The van der Waals surface area contributed by atoms with Gasteiger partial charge >= 0.3 is 0 Å². The molecule has 4 fully saturated rings. The van der Waals surface area contributed by atoms with Crippen molar-refractivity contribution in [3.05, 3.63) is 0 Å². The molecule has 4 rings (SSSR count). The first-order valence-electron chi connectivity index (χ1n) is 16.1. The smallest absolute Gasteiger partial charge is 0.220 e. The number of fused-ring (bicyclic) bond motifs is 5. The largest absolute Gasteiger partial charge is 0.356 e. The minimum Gasteiger partial charge on any atom is -0.356 e. The summed E-state index contributed by atoms with van der Waals surface area (Å²) in [5.41, 5.74) is 1.17. The molecular formula is C33H61IN2O. The minimum absolute atomic E-state index is 0. The Morgan fingerprint density at radius 3 is 2.41 bits per heavy atom. The fourth-order valence-corrected chi connectivity index (χ4v) is 10.3. The van der Waals surface area contributed by atoms with Crippen LogP contribution in [0.4, 0.5) is 0 Å². The fourth-order valence-electron chi connectivity index (χ4n) is 10.3. The van der Waals surface area contributed by atoms with E-state index in [0.717, 1.165) is 67.9 Å². The standard InChI is InChI=1S/C33H60N2O.HI/c1-7-25(19-23-35(5)6)18-22-34-31(36)16-11-24(2)28-14-15-29-27-13-12-26-10-8-9-20-32(26,3)30(27)17-21-33(28,29)4;/h24-30H,7-23H2,1-6H3,(H,34,36);1H/t24-,25?,26?,27+,28-,29+,30+,32+,33-;/m1./s1. The first-order valence-corrected chi connectivity index (χ1v) is 16.1. The van der Waals surface area contributed by atoms with Gasteiger partial charge in [-0.05, 0) is 144 Å². The van der Waals surface area contributed by atoms with Gasteiger partial charge < -0.3 is 10.2 Å². The summed E-state index contributed by atoms with van der Waals surface area (Å²) >= 11 is 0. The third-order valence-corrected chi connectivity index (χ3v) is 12.6. The summed E-state index contributed by atoms with van der Waals surface area (Å²) in [7, 11) is 4.30. The zero-order chi connectivity index (χ0) is 25.9. The van der Waals surface area contributed by atoms with Crippen molar-refractivity contribution in [1.29, 1.82) is 0 Å². The summed E-state index contributed by atoms with van der Waals surface area (Å²) in [6, 6.07) is 0. The highest BCUT2D eigenvalue weighted by Crippen LogP contribution is 2.68. The molecule has 4 saturated carbocycles. The summed E-state index contributed by atoms with van der Waals surface area (Å²) in [4.78, 5) is 15.0.